The van der Waals surface area contributed by atoms with Gasteiger partial charge in [-0.1, -0.05) is 15.9 Å². The van der Waals surface area contributed by atoms with Gasteiger partial charge in [0.05, 0.1) is 11.6 Å². The number of hydrogen-bond acceptors (Lipinski definition) is 3. The Bertz CT molecular complexity index is 705. The molecule has 2 rings (SSSR count). The highest BCUT2D eigenvalue weighted by Crippen LogP contribution is 2.25. The van der Waals surface area contributed by atoms with E-state index in [-0.39, 0.29) is 11.0 Å². The molecule has 0 saturated carbocycles. The van der Waals surface area contributed by atoms with Crippen molar-refractivity contribution in [3.05, 3.63) is 57.0 Å². The Morgan fingerprint density at radius 2 is 1.82 bits per heavy atom. The number of thiocarbonyl (C=S) groups is 1. The van der Waals surface area contributed by atoms with Gasteiger partial charge < -0.3 is 10.1 Å². The first kappa shape index (κ1) is 16.9. The minimum atomic E-state index is -0.294. The quantitative estimate of drug-likeness (QED) is 0.692. The molecule has 2 aromatic carbocycles. The fraction of sp³-hybridized carbons (Fsp3) is 0.0667. The van der Waals surface area contributed by atoms with Crippen LogP contribution in [0.5, 0.6) is 5.75 Å². The molecule has 0 aliphatic heterocycles. The molecule has 0 aliphatic rings. The van der Waals surface area contributed by atoms with Crippen LogP contribution >= 0.6 is 44.1 Å². The van der Waals surface area contributed by atoms with Crippen molar-refractivity contribution in [2.75, 3.05) is 12.4 Å². The van der Waals surface area contributed by atoms with Crippen LogP contribution in [-0.2, 0) is 0 Å². The van der Waals surface area contributed by atoms with E-state index >= 15 is 0 Å². The summed E-state index contributed by atoms with van der Waals surface area (Å²) in [6.45, 7) is 0. The van der Waals surface area contributed by atoms with Gasteiger partial charge in [-0.2, -0.15) is 0 Å². The minimum absolute atomic E-state index is 0.235. The van der Waals surface area contributed by atoms with Crippen LogP contribution < -0.4 is 15.4 Å². The Balaban J connectivity index is 2.00. The van der Waals surface area contributed by atoms with Crippen molar-refractivity contribution < 1.29 is 9.53 Å². The number of ether oxygens (including phenoxy) is 1. The van der Waals surface area contributed by atoms with Crippen molar-refractivity contribution in [3.8, 4) is 5.75 Å². The maximum Gasteiger partial charge on any atom is 0.257 e. The summed E-state index contributed by atoms with van der Waals surface area (Å²) in [5, 5.41) is 5.82. The van der Waals surface area contributed by atoms with Gasteiger partial charge in [-0.3, -0.25) is 10.1 Å². The van der Waals surface area contributed by atoms with E-state index in [1.165, 1.54) is 0 Å². The lowest BCUT2D eigenvalue weighted by Crippen LogP contribution is -2.34. The van der Waals surface area contributed by atoms with Crippen molar-refractivity contribution in [1.29, 1.82) is 0 Å². The average Bonchev–Trinajstić information content (AvgIpc) is 2.49. The van der Waals surface area contributed by atoms with Gasteiger partial charge in [0.2, 0.25) is 0 Å². The highest BCUT2D eigenvalue weighted by molar-refractivity contribution is 9.10. The van der Waals surface area contributed by atoms with Gasteiger partial charge in [0, 0.05) is 15.7 Å². The first-order valence-corrected chi connectivity index (χ1v) is 8.20. The summed E-state index contributed by atoms with van der Waals surface area (Å²) in [4.78, 5) is 12.1. The van der Waals surface area contributed by atoms with E-state index in [4.69, 9.17) is 17.0 Å². The van der Waals surface area contributed by atoms with Gasteiger partial charge in [0.15, 0.2) is 5.11 Å². The Hall–Kier alpha value is -1.44. The van der Waals surface area contributed by atoms with Gasteiger partial charge in [-0.25, -0.2) is 0 Å². The van der Waals surface area contributed by atoms with E-state index in [0.29, 0.717) is 15.8 Å². The third-order valence-electron chi connectivity index (χ3n) is 2.74. The van der Waals surface area contributed by atoms with Gasteiger partial charge in [0.25, 0.3) is 5.91 Å². The molecule has 114 valence electrons. The largest absolute Gasteiger partial charge is 0.496 e. The van der Waals surface area contributed by atoms with Crippen LogP contribution in [0.4, 0.5) is 5.69 Å². The first-order valence-electron chi connectivity index (χ1n) is 6.21. The predicted molar refractivity (Wildman–Crippen MR) is 98.5 cm³/mol. The topological polar surface area (TPSA) is 50.4 Å². The van der Waals surface area contributed by atoms with E-state index < -0.39 is 0 Å². The number of carbonyl (C=O) groups excluding carboxylic acids is 1. The lowest BCUT2D eigenvalue weighted by molar-refractivity contribution is 0.0977. The van der Waals surface area contributed by atoms with Crippen molar-refractivity contribution >= 4 is 60.8 Å². The van der Waals surface area contributed by atoms with Crippen molar-refractivity contribution in [2.45, 2.75) is 0 Å². The zero-order chi connectivity index (χ0) is 16.1. The minimum Gasteiger partial charge on any atom is -0.496 e. The molecule has 0 radical (unpaired) electrons. The third kappa shape index (κ3) is 4.53. The number of methoxy groups -OCH3 is 1. The van der Waals surface area contributed by atoms with Crippen molar-refractivity contribution in [3.63, 3.8) is 0 Å². The van der Waals surface area contributed by atoms with E-state index in [9.17, 15) is 4.79 Å². The SMILES string of the molecule is COc1ccc(C(=O)NC(=S)Nc2ccc(Br)cc2)cc1Br. The standard InChI is InChI=1S/C15H12Br2N2O2S/c1-21-13-7-2-9(8-12(13)17)14(20)19-15(22)18-11-5-3-10(16)4-6-11/h2-8H,1H3,(H2,18,19,20,22). The fourth-order valence-electron chi connectivity index (χ4n) is 1.68. The monoisotopic (exact) mass is 442 g/mol. The van der Waals surface area contributed by atoms with Crippen molar-refractivity contribution in [1.82, 2.24) is 5.32 Å². The molecule has 7 heteroatoms. The number of halogens is 2. The molecule has 1 amide bonds. The van der Waals surface area contributed by atoms with Crippen LogP contribution in [-0.4, -0.2) is 18.1 Å². The second-order valence-corrected chi connectivity index (χ2v) is 6.44. The summed E-state index contributed by atoms with van der Waals surface area (Å²) in [5.41, 5.74) is 1.28. The maximum absolute atomic E-state index is 12.1. The molecule has 4 nitrogen and oxygen atoms in total. The predicted octanol–water partition coefficient (Wildman–Crippen LogP) is 4.35. The maximum atomic E-state index is 12.1. The molecule has 0 saturated heterocycles. The molecule has 0 aliphatic carbocycles. The van der Waals surface area contributed by atoms with E-state index in [0.717, 1.165) is 10.2 Å². The highest BCUT2D eigenvalue weighted by Gasteiger charge is 2.10. The summed E-state index contributed by atoms with van der Waals surface area (Å²) in [7, 11) is 1.57. The van der Waals surface area contributed by atoms with Gasteiger partial charge in [-0.15, -0.1) is 0 Å². The number of carbonyl (C=O) groups is 1. The number of anilines is 1. The molecule has 0 spiro atoms. The number of benzene rings is 2. The molecule has 0 aromatic heterocycles. The molecule has 2 aromatic rings. The molecule has 0 fully saturated rings. The second-order valence-electron chi connectivity index (χ2n) is 4.26. The fourth-order valence-corrected chi connectivity index (χ4v) is 2.69. The average molecular weight is 444 g/mol. The number of rotatable bonds is 3. The summed E-state index contributed by atoms with van der Waals surface area (Å²) in [6.07, 6.45) is 0. The van der Waals surface area contributed by atoms with E-state index in [2.05, 4.69) is 42.5 Å². The Kier molecular flexibility index (Phi) is 5.93. The zero-order valence-corrected chi connectivity index (χ0v) is 15.5. The Morgan fingerprint density at radius 1 is 1.14 bits per heavy atom. The summed E-state index contributed by atoms with van der Waals surface area (Å²) >= 11 is 11.8. The van der Waals surface area contributed by atoms with Gasteiger partial charge in [0.1, 0.15) is 5.75 Å². The lowest BCUT2D eigenvalue weighted by Gasteiger charge is -2.10. The summed E-state index contributed by atoms with van der Waals surface area (Å²) in [5.74, 6) is 0.366. The molecule has 22 heavy (non-hydrogen) atoms. The number of amides is 1. The van der Waals surface area contributed by atoms with Crippen LogP contribution in [0.15, 0.2) is 51.4 Å². The van der Waals surface area contributed by atoms with Gasteiger partial charge >= 0.3 is 0 Å². The van der Waals surface area contributed by atoms with E-state index in [1.54, 1.807) is 25.3 Å². The smallest absolute Gasteiger partial charge is 0.257 e. The summed E-state index contributed by atoms with van der Waals surface area (Å²) < 4.78 is 6.80. The number of nitrogens with one attached hydrogen (secondary N) is 2. The van der Waals surface area contributed by atoms with Gasteiger partial charge in [-0.05, 0) is 70.6 Å². The van der Waals surface area contributed by atoms with E-state index in [1.807, 2.05) is 24.3 Å². The Labute approximate surface area is 150 Å². The molecule has 0 unspecified atom stereocenters. The molecule has 0 atom stereocenters. The second kappa shape index (κ2) is 7.71. The third-order valence-corrected chi connectivity index (χ3v) is 4.10. The summed E-state index contributed by atoms with van der Waals surface area (Å²) in [6, 6.07) is 12.5. The zero-order valence-electron chi connectivity index (χ0n) is 11.5. The Morgan fingerprint density at radius 3 is 2.41 bits per heavy atom. The first-order chi connectivity index (χ1) is 10.5. The highest BCUT2D eigenvalue weighted by atomic mass is 79.9. The molecular weight excluding hydrogens is 432 g/mol. The normalized spacial score (nSPS) is 9.95. The lowest BCUT2D eigenvalue weighted by atomic mass is 10.2. The van der Waals surface area contributed by atoms with Crippen LogP contribution in [0.25, 0.3) is 0 Å². The van der Waals surface area contributed by atoms with Crippen LogP contribution in [0, 0.1) is 0 Å². The molecule has 0 bridgehead atoms. The molecule has 2 N–H and O–H groups in total. The van der Waals surface area contributed by atoms with Crippen molar-refractivity contribution in [2.24, 2.45) is 0 Å². The molecular formula is C15H12Br2N2O2S. The van der Waals surface area contributed by atoms with Crippen LogP contribution in [0.1, 0.15) is 10.4 Å². The number of hydrogen-bond donors (Lipinski definition) is 2. The molecule has 0 heterocycles. The van der Waals surface area contributed by atoms with Crippen LogP contribution in [0.3, 0.4) is 0 Å². The van der Waals surface area contributed by atoms with Crippen LogP contribution in [0.2, 0.25) is 0 Å².